The van der Waals surface area contributed by atoms with E-state index in [0.717, 1.165) is 50.6 Å². The Labute approximate surface area is 158 Å². The molecule has 0 atom stereocenters. The SMILES string of the molecule is COCCOCCC(=O)N1CCC([C@H]2CC[C@H](C(=O)C(C)C)CC2)CC1. The third kappa shape index (κ3) is 6.34. The molecule has 0 bridgehead atoms. The molecule has 1 aliphatic carbocycles. The van der Waals surface area contributed by atoms with Gasteiger partial charge in [0.2, 0.25) is 5.91 Å². The molecule has 26 heavy (non-hydrogen) atoms. The lowest BCUT2D eigenvalue weighted by Gasteiger charge is -2.39. The number of nitrogens with zero attached hydrogens (tertiary/aromatic N) is 1. The smallest absolute Gasteiger partial charge is 0.224 e. The summed E-state index contributed by atoms with van der Waals surface area (Å²) in [7, 11) is 1.65. The second-order valence-corrected chi connectivity index (χ2v) is 8.24. The van der Waals surface area contributed by atoms with Crippen molar-refractivity contribution in [3.63, 3.8) is 0 Å². The Morgan fingerprint density at radius 3 is 2.12 bits per heavy atom. The van der Waals surface area contributed by atoms with Crippen LogP contribution in [-0.2, 0) is 19.1 Å². The van der Waals surface area contributed by atoms with Gasteiger partial charge in [0.05, 0.1) is 26.2 Å². The van der Waals surface area contributed by atoms with Gasteiger partial charge < -0.3 is 14.4 Å². The highest BCUT2D eigenvalue weighted by Gasteiger charge is 2.33. The molecule has 2 aliphatic rings. The van der Waals surface area contributed by atoms with Crippen LogP contribution in [-0.4, -0.2) is 56.6 Å². The van der Waals surface area contributed by atoms with Gasteiger partial charge in [-0.25, -0.2) is 0 Å². The number of methoxy groups -OCH3 is 1. The van der Waals surface area contributed by atoms with E-state index in [1.807, 2.05) is 18.7 Å². The van der Waals surface area contributed by atoms with E-state index in [1.165, 1.54) is 12.8 Å². The summed E-state index contributed by atoms with van der Waals surface area (Å²) >= 11 is 0. The van der Waals surface area contributed by atoms with E-state index in [2.05, 4.69) is 0 Å². The van der Waals surface area contributed by atoms with Gasteiger partial charge >= 0.3 is 0 Å². The van der Waals surface area contributed by atoms with Crippen molar-refractivity contribution in [3.05, 3.63) is 0 Å². The number of hydrogen-bond acceptors (Lipinski definition) is 4. The van der Waals surface area contributed by atoms with Crippen LogP contribution in [0.5, 0.6) is 0 Å². The number of ketones is 1. The second kappa shape index (κ2) is 11.0. The zero-order valence-electron chi connectivity index (χ0n) is 16.9. The molecule has 5 heteroatoms. The minimum Gasteiger partial charge on any atom is -0.382 e. The Balaban J connectivity index is 1.64. The van der Waals surface area contributed by atoms with Crippen LogP contribution in [0.3, 0.4) is 0 Å². The van der Waals surface area contributed by atoms with Crippen LogP contribution >= 0.6 is 0 Å². The maximum Gasteiger partial charge on any atom is 0.224 e. The lowest BCUT2D eigenvalue weighted by Crippen LogP contribution is -2.41. The van der Waals surface area contributed by atoms with Crippen molar-refractivity contribution in [3.8, 4) is 0 Å². The Morgan fingerprint density at radius 1 is 0.923 bits per heavy atom. The third-order valence-corrected chi connectivity index (χ3v) is 6.19. The molecule has 1 aliphatic heterocycles. The fourth-order valence-electron chi connectivity index (χ4n) is 4.53. The monoisotopic (exact) mass is 367 g/mol. The number of rotatable bonds is 9. The van der Waals surface area contributed by atoms with Gasteiger partial charge in [0.1, 0.15) is 5.78 Å². The van der Waals surface area contributed by atoms with Gasteiger partial charge in [-0.2, -0.15) is 0 Å². The lowest BCUT2D eigenvalue weighted by atomic mass is 9.71. The predicted molar refractivity (Wildman–Crippen MR) is 102 cm³/mol. The predicted octanol–water partition coefficient (Wildman–Crippen LogP) is 3.31. The molecule has 150 valence electrons. The Morgan fingerprint density at radius 2 is 1.54 bits per heavy atom. The second-order valence-electron chi connectivity index (χ2n) is 8.24. The first kappa shape index (κ1) is 21.4. The zero-order chi connectivity index (χ0) is 18.9. The number of hydrogen-bond donors (Lipinski definition) is 0. The average Bonchev–Trinajstić information content (AvgIpc) is 2.67. The number of piperidine rings is 1. The molecule has 0 spiro atoms. The zero-order valence-corrected chi connectivity index (χ0v) is 16.9. The fourth-order valence-corrected chi connectivity index (χ4v) is 4.53. The summed E-state index contributed by atoms with van der Waals surface area (Å²) in [4.78, 5) is 26.5. The van der Waals surface area contributed by atoms with Gasteiger partial charge in [-0.05, 0) is 50.4 Å². The van der Waals surface area contributed by atoms with Crippen LogP contribution in [0.15, 0.2) is 0 Å². The molecule has 0 aromatic rings. The van der Waals surface area contributed by atoms with Gasteiger partial charge in [0.15, 0.2) is 0 Å². The first-order chi connectivity index (χ1) is 12.5. The van der Waals surface area contributed by atoms with Crippen molar-refractivity contribution < 1.29 is 19.1 Å². The van der Waals surface area contributed by atoms with Crippen LogP contribution in [0.2, 0.25) is 0 Å². The van der Waals surface area contributed by atoms with Crippen LogP contribution in [0.25, 0.3) is 0 Å². The van der Waals surface area contributed by atoms with Crippen molar-refractivity contribution in [1.29, 1.82) is 0 Å². The summed E-state index contributed by atoms with van der Waals surface area (Å²) < 4.78 is 10.3. The molecule has 0 aromatic carbocycles. The van der Waals surface area contributed by atoms with E-state index in [-0.39, 0.29) is 11.8 Å². The first-order valence-electron chi connectivity index (χ1n) is 10.4. The molecule has 0 radical (unpaired) electrons. The van der Waals surface area contributed by atoms with Gasteiger partial charge in [-0.1, -0.05) is 13.8 Å². The highest BCUT2D eigenvalue weighted by Crippen LogP contribution is 2.38. The topological polar surface area (TPSA) is 55.8 Å². The first-order valence-corrected chi connectivity index (χ1v) is 10.4. The summed E-state index contributed by atoms with van der Waals surface area (Å²) in [5, 5.41) is 0. The highest BCUT2D eigenvalue weighted by atomic mass is 16.5. The van der Waals surface area contributed by atoms with Crippen molar-refractivity contribution in [2.45, 2.75) is 58.8 Å². The fraction of sp³-hybridized carbons (Fsp3) is 0.905. The average molecular weight is 368 g/mol. The molecule has 0 aromatic heterocycles. The van der Waals surface area contributed by atoms with E-state index in [9.17, 15) is 9.59 Å². The third-order valence-electron chi connectivity index (χ3n) is 6.19. The number of carbonyl (C=O) groups excluding carboxylic acids is 2. The van der Waals surface area contributed by atoms with Crippen molar-refractivity contribution in [2.24, 2.45) is 23.7 Å². The molecule has 2 fully saturated rings. The molecular weight excluding hydrogens is 330 g/mol. The molecule has 0 N–H and O–H groups in total. The molecule has 0 unspecified atom stereocenters. The van der Waals surface area contributed by atoms with Crippen molar-refractivity contribution >= 4 is 11.7 Å². The van der Waals surface area contributed by atoms with E-state index in [4.69, 9.17) is 9.47 Å². The molecule has 1 saturated heterocycles. The van der Waals surface area contributed by atoms with Gasteiger partial charge in [-0.3, -0.25) is 9.59 Å². The standard InChI is InChI=1S/C21H37NO4/c1-16(2)21(24)19-6-4-17(5-7-19)18-8-11-22(12-9-18)20(23)10-13-26-15-14-25-3/h16-19H,4-15H2,1-3H3/t17-,19-. The summed E-state index contributed by atoms with van der Waals surface area (Å²) in [6, 6.07) is 0. The molecule has 1 saturated carbocycles. The Kier molecular flexibility index (Phi) is 9.06. The molecular formula is C21H37NO4. The lowest BCUT2D eigenvalue weighted by molar-refractivity contribution is -0.134. The van der Waals surface area contributed by atoms with Crippen LogP contribution in [0.1, 0.15) is 58.8 Å². The largest absolute Gasteiger partial charge is 0.382 e. The van der Waals surface area contributed by atoms with Crippen molar-refractivity contribution in [2.75, 3.05) is 40.0 Å². The summed E-state index contributed by atoms with van der Waals surface area (Å²) in [6.45, 7) is 7.40. The van der Waals surface area contributed by atoms with E-state index in [1.54, 1.807) is 7.11 Å². The van der Waals surface area contributed by atoms with Gasteiger partial charge in [0.25, 0.3) is 0 Å². The van der Waals surface area contributed by atoms with E-state index >= 15 is 0 Å². The van der Waals surface area contributed by atoms with Gasteiger partial charge in [0, 0.05) is 32.0 Å². The number of carbonyl (C=O) groups is 2. The number of Topliss-reactive ketones (excluding diaryl/α,β-unsaturated/α-hetero) is 1. The van der Waals surface area contributed by atoms with Crippen LogP contribution in [0.4, 0.5) is 0 Å². The molecule has 2 rings (SSSR count). The number of amides is 1. The summed E-state index contributed by atoms with van der Waals surface area (Å²) in [5.74, 6) is 2.62. The van der Waals surface area contributed by atoms with Gasteiger partial charge in [-0.15, -0.1) is 0 Å². The maximum absolute atomic E-state index is 12.3. The van der Waals surface area contributed by atoms with E-state index < -0.39 is 0 Å². The maximum atomic E-state index is 12.3. The molecule has 1 heterocycles. The van der Waals surface area contributed by atoms with E-state index in [0.29, 0.717) is 37.9 Å². The van der Waals surface area contributed by atoms with Crippen LogP contribution < -0.4 is 0 Å². The summed E-state index contributed by atoms with van der Waals surface area (Å²) in [5.41, 5.74) is 0. The highest BCUT2D eigenvalue weighted by molar-refractivity contribution is 5.82. The number of likely N-dealkylation sites (tertiary alicyclic amines) is 1. The summed E-state index contributed by atoms with van der Waals surface area (Å²) in [6.07, 6.45) is 7.22. The Bertz CT molecular complexity index is 435. The minimum absolute atomic E-state index is 0.171. The minimum atomic E-state index is 0.171. The quantitative estimate of drug-likeness (QED) is 0.587. The van der Waals surface area contributed by atoms with Crippen LogP contribution in [0, 0.1) is 23.7 Å². The molecule has 1 amide bonds. The Hall–Kier alpha value is -0.940. The normalized spacial score (nSPS) is 24.8. The van der Waals surface area contributed by atoms with Crippen molar-refractivity contribution in [1.82, 2.24) is 4.90 Å². The number of ether oxygens (including phenoxy) is 2. The molecule has 5 nitrogen and oxygen atoms in total.